The summed E-state index contributed by atoms with van der Waals surface area (Å²) in [6.07, 6.45) is 7.76. The Labute approximate surface area is 152 Å². The summed E-state index contributed by atoms with van der Waals surface area (Å²) in [7, 11) is 0. The highest BCUT2D eigenvalue weighted by atomic mass is 16.4. The van der Waals surface area contributed by atoms with E-state index in [4.69, 9.17) is 5.11 Å². The van der Waals surface area contributed by atoms with E-state index in [1.807, 2.05) is 19.9 Å². The Morgan fingerprint density at radius 1 is 1.00 bits per heavy atom. The molecular weight excluding hydrogens is 314 g/mol. The number of rotatable bonds is 13. The van der Waals surface area contributed by atoms with Crippen LogP contribution in [-0.2, 0) is 16.0 Å². The first-order valence-electron chi connectivity index (χ1n) is 9.52. The number of carboxylic acid groups (broad SMARTS) is 1. The number of hydrogen-bond acceptors (Lipinski definition) is 2. The molecular formula is C21H33NO3. The number of carboxylic acids is 1. The number of nitrogens with one attached hydrogen (secondary N) is 1. The molecule has 2 N–H and O–H groups in total. The first-order valence-corrected chi connectivity index (χ1v) is 9.52. The highest BCUT2D eigenvalue weighted by Crippen LogP contribution is 2.11. The van der Waals surface area contributed by atoms with E-state index in [2.05, 4.69) is 29.6 Å². The predicted molar refractivity (Wildman–Crippen MR) is 101 cm³/mol. The standard InChI is InChI=1S/C21H33NO3/c1-17(2)15-19(16-21(24)25)22-20(23)14-10-5-3-4-7-11-18-12-8-6-9-13-18/h6,8-9,12-13,17,19H,3-5,7,10-11,14-16H2,1-2H3,(H,22,23)(H,24,25)/t19-/m1/s1. The lowest BCUT2D eigenvalue weighted by molar-refractivity contribution is -0.137. The Bertz CT molecular complexity index is 499. The van der Waals surface area contributed by atoms with E-state index in [1.165, 1.54) is 18.4 Å². The van der Waals surface area contributed by atoms with Crippen LogP contribution in [0.5, 0.6) is 0 Å². The number of benzene rings is 1. The second-order valence-corrected chi connectivity index (χ2v) is 7.25. The Kier molecular flexibility index (Phi) is 10.6. The minimum Gasteiger partial charge on any atom is -0.481 e. The summed E-state index contributed by atoms with van der Waals surface area (Å²) in [6.45, 7) is 4.08. The van der Waals surface area contributed by atoms with Gasteiger partial charge in [-0.1, -0.05) is 63.4 Å². The molecule has 0 aromatic heterocycles. The monoisotopic (exact) mass is 347 g/mol. The number of carbonyl (C=O) groups excluding carboxylic acids is 1. The zero-order valence-electron chi connectivity index (χ0n) is 15.7. The van der Waals surface area contributed by atoms with Crippen LogP contribution in [0.3, 0.4) is 0 Å². The molecule has 1 rings (SSSR count). The molecule has 140 valence electrons. The van der Waals surface area contributed by atoms with Crippen LogP contribution >= 0.6 is 0 Å². The number of hydrogen-bond donors (Lipinski definition) is 2. The van der Waals surface area contributed by atoms with Gasteiger partial charge in [-0.3, -0.25) is 9.59 Å². The summed E-state index contributed by atoms with van der Waals surface area (Å²) >= 11 is 0. The maximum absolute atomic E-state index is 12.0. The fourth-order valence-corrected chi connectivity index (χ4v) is 3.06. The topological polar surface area (TPSA) is 66.4 Å². The third-order valence-corrected chi connectivity index (χ3v) is 4.25. The third-order valence-electron chi connectivity index (χ3n) is 4.25. The van der Waals surface area contributed by atoms with Crippen molar-refractivity contribution in [1.82, 2.24) is 5.32 Å². The largest absolute Gasteiger partial charge is 0.481 e. The molecule has 0 saturated heterocycles. The predicted octanol–water partition coefficient (Wildman–Crippen LogP) is 4.58. The van der Waals surface area contributed by atoms with E-state index in [1.54, 1.807) is 0 Å². The summed E-state index contributed by atoms with van der Waals surface area (Å²) in [5.41, 5.74) is 1.39. The molecule has 4 heteroatoms. The second-order valence-electron chi connectivity index (χ2n) is 7.25. The van der Waals surface area contributed by atoms with Crippen molar-refractivity contribution in [2.24, 2.45) is 5.92 Å². The van der Waals surface area contributed by atoms with Crippen molar-refractivity contribution >= 4 is 11.9 Å². The van der Waals surface area contributed by atoms with Gasteiger partial charge in [-0.05, 0) is 37.2 Å². The summed E-state index contributed by atoms with van der Waals surface area (Å²) in [4.78, 5) is 22.9. The van der Waals surface area contributed by atoms with Gasteiger partial charge < -0.3 is 10.4 Å². The second kappa shape index (κ2) is 12.5. The van der Waals surface area contributed by atoms with Gasteiger partial charge in [0.15, 0.2) is 0 Å². The van der Waals surface area contributed by atoms with Crippen molar-refractivity contribution in [3.8, 4) is 0 Å². The average Bonchev–Trinajstić information content (AvgIpc) is 2.53. The van der Waals surface area contributed by atoms with Crippen molar-refractivity contribution in [3.05, 3.63) is 35.9 Å². The number of unbranched alkanes of at least 4 members (excludes halogenated alkanes) is 4. The van der Waals surface area contributed by atoms with Crippen molar-refractivity contribution in [3.63, 3.8) is 0 Å². The normalized spacial score (nSPS) is 12.1. The van der Waals surface area contributed by atoms with Crippen LogP contribution < -0.4 is 5.32 Å². The third kappa shape index (κ3) is 11.4. The van der Waals surface area contributed by atoms with E-state index in [0.717, 1.165) is 25.7 Å². The van der Waals surface area contributed by atoms with Gasteiger partial charge in [0.25, 0.3) is 0 Å². The molecule has 1 aromatic rings. The summed E-state index contributed by atoms with van der Waals surface area (Å²) in [5, 5.41) is 11.8. The van der Waals surface area contributed by atoms with Crippen LogP contribution in [0.1, 0.15) is 70.8 Å². The van der Waals surface area contributed by atoms with Crippen LogP contribution in [0, 0.1) is 5.92 Å². The maximum Gasteiger partial charge on any atom is 0.305 e. The van der Waals surface area contributed by atoms with Gasteiger partial charge in [-0.2, -0.15) is 0 Å². The summed E-state index contributed by atoms with van der Waals surface area (Å²) in [5.74, 6) is -0.505. The summed E-state index contributed by atoms with van der Waals surface area (Å²) < 4.78 is 0. The van der Waals surface area contributed by atoms with E-state index in [-0.39, 0.29) is 18.4 Å². The van der Waals surface area contributed by atoms with Crippen molar-refractivity contribution in [1.29, 1.82) is 0 Å². The number of amides is 1. The van der Waals surface area contributed by atoms with Crippen LogP contribution in [0.2, 0.25) is 0 Å². The minimum atomic E-state index is -0.857. The van der Waals surface area contributed by atoms with Gasteiger partial charge in [0.1, 0.15) is 0 Å². The molecule has 0 fully saturated rings. The quantitative estimate of drug-likeness (QED) is 0.513. The first kappa shape index (κ1) is 21.2. The number of carbonyl (C=O) groups is 2. The van der Waals surface area contributed by atoms with Crippen molar-refractivity contribution in [2.45, 2.75) is 77.7 Å². The van der Waals surface area contributed by atoms with E-state index >= 15 is 0 Å². The van der Waals surface area contributed by atoms with Crippen molar-refractivity contribution in [2.75, 3.05) is 0 Å². The van der Waals surface area contributed by atoms with E-state index in [0.29, 0.717) is 18.8 Å². The van der Waals surface area contributed by atoms with Crippen molar-refractivity contribution < 1.29 is 14.7 Å². The van der Waals surface area contributed by atoms with E-state index in [9.17, 15) is 9.59 Å². The van der Waals surface area contributed by atoms with Gasteiger partial charge in [0, 0.05) is 12.5 Å². The fraction of sp³-hybridized carbons (Fsp3) is 0.619. The smallest absolute Gasteiger partial charge is 0.305 e. The Morgan fingerprint density at radius 2 is 1.64 bits per heavy atom. The highest BCUT2D eigenvalue weighted by molar-refractivity contribution is 5.77. The van der Waals surface area contributed by atoms with Gasteiger partial charge >= 0.3 is 5.97 Å². The SMILES string of the molecule is CC(C)C[C@H](CC(=O)O)NC(=O)CCCCCCCc1ccccc1. The first-order chi connectivity index (χ1) is 12.0. The minimum absolute atomic E-state index is 0.00338. The maximum atomic E-state index is 12.0. The zero-order chi connectivity index (χ0) is 18.5. The van der Waals surface area contributed by atoms with Crippen LogP contribution in [0.25, 0.3) is 0 Å². The van der Waals surface area contributed by atoms with Gasteiger partial charge in [0.2, 0.25) is 5.91 Å². The number of aryl methyl sites for hydroxylation is 1. The average molecular weight is 347 g/mol. The van der Waals surface area contributed by atoms with Crippen LogP contribution in [-0.4, -0.2) is 23.0 Å². The summed E-state index contributed by atoms with van der Waals surface area (Å²) in [6, 6.07) is 10.3. The molecule has 1 atom stereocenters. The molecule has 0 spiro atoms. The molecule has 0 aliphatic carbocycles. The van der Waals surface area contributed by atoms with E-state index < -0.39 is 5.97 Å². The van der Waals surface area contributed by atoms with Gasteiger partial charge in [-0.25, -0.2) is 0 Å². The highest BCUT2D eigenvalue weighted by Gasteiger charge is 2.17. The molecule has 1 amide bonds. The van der Waals surface area contributed by atoms with Crippen LogP contribution in [0.15, 0.2) is 30.3 Å². The number of aliphatic carboxylic acids is 1. The Hall–Kier alpha value is -1.84. The Balaban J connectivity index is 2.09. The molecule has 25 heavy (non-hydrogen) atoms. The molecule has 0 saturated carbocycles. The lowest BCUT2D eigenvalue weighted by atomic mass is 10.0. The molecule has 4 nitrogen and oxygen atoms in total. The molecule has 0 bridgehead atoms. The lowest BCUT2D eigenvalue weighted by Gasteiger charge is -2.18. The van der Waals surface area contributed by atoms with Gasteiger partial charge in [0.05, 0.1) is 6.42 Å². The molecule has 0 radical (unpaired) electrons. The lowest BCUT2D eigenvalue weighted by Crippen LogP contribution is -2.37. The molecule has 0 heterocycles. The zero-order valence-corrected chi connectivity index (χ0v) is 15.7. The molecule has 1 aromatic carbocycles. The Morgan fingerprint density at radius 3 is 2.28 bits per heavy atom. The fourth-order valence-electron chi connectivity index (χ4n) is 3.06. The molecule has 0 aliphatic rings. The van der Waals surface area contributed by atoms with Gasteiger partial charge in [-0.15, -0.1) is 0 Å². The van der Waals surface area contributed by atoms with Crippen LogP contribution in [0.4, 0.5) is 0 Å². The molecule has 0 unspecified atom stereocenters. The molecule has 0 aliphatic heterocycles.